The minimum atomic E-state index is 0.817. The number of nitrogens with zero attached hydrogens (tertiary/aromatic N) is 1. The van der Waals surface area contributed by atoms with E-state index in [0.717, 1.165) is 12.0 Å². The molecule has 0 spiro atoms. The summed E-state index contributed by atoms with van der Waals surface area (Å²) >= 11 is 0. The van der Waals surface area contributed by atoms with E-state index >= 15 is 0 Å². The normalized spacial score (nSPS) is 24.6. The van der Waals surface area contributed by atoms with Crippen molar-refractivity contribution in [1.29, 1.82) is 0 Å². The van der Waals surface area contributed by atoms with E-state index in [0.29, 0.717) is 0 Å². The van der Waals surface area contributed by atoms with Crippen molar-refractivity contribution in [2.24, 2.45) is 5.92 Å². The largest absolute Gasteiger partial charge is 0.314 e. The van der Waals surface area contributed by atoms with Gasteiger partial charge in [0.15, 0.2) is 0 Å². The molecule has 0 bridgehead atoms. The predicted molar refractivity (Wildman–Crippen MR) is 65.1 cm³/mol. The van der Waals surface area contributed by atoms with Crippen molar-refractivity contribution in [1.82, 2.24) is 10.2 Å². The third-order valence-corrected chi connectivity index (χ3v) is 3.81. The average Bonchev–Trinajstić information content (AvgIpc) is 3.05. The summed E-state index contributed by atoms with van der Waals surface area (Å²) in [5.41, 5.74) is 0. The molecule has 0 atom stereocenters. The topological polar surface area (TPSA) is 15.3 Å². The molecule has 2 nitrogen and oxygen atoms in total. The van der Waals surface area contributed by atoms with E-state index in [4.69, 9.17) is 0 Å². The Morgan fingerprint density at radius 1 is 1.13 bits per heavy atom. The van der Waals surface area contributed by atoms with Crippen LogP contribution in [0.3, 0.4) is 0 Å². The lowest BCUT2D eigenvalue weighted by atomic mass is 10.0. The van der Waals surface area contributed by atoms with Crippen LogP contribution in [0.25, 0.3) is 0 Å². The van der Waals surface area contributed by atoms with Crippen LogP contribution in [0.2, 0.25) is 0 Å². The Morgan fingerprint density at radius 2 is 1.87 bits per heavy atom. The second-order valence-electron chi connectivity index (χ2n) is 5.30. The fourth-order valence-corrected chi connectivity index (χ4v) is 2.58. The zero-order valence-electron chi connectivity index (χ0n) is 10.2. The summed E-state index contributed by atoms with van der Waals surface area (Å²) in [5, 5.41) is 3.73. The number of rotatable bonds is 6. The standard InChI is InChI=1S/C13H26N2/c1-2-9-15-10-6-13(7-11-15)14-8-5-12-3-4-12/h12-14H,2-11H2,1H3. The van der Waals surface area contributed by atoms with Gasteiger partial charge in [0.2, 0.25) is 0 Å². The lowest BCUT2D eigenvalue weighted by molar-refractivity contribution is 0.198. The van der Waals surface area contributed by atoms with Crippen LogP contribution < -0.4 is 5.32 Å². The highest BCUT2D eigenvalue weighted by atomic mass is 15.1. The van der Waals surface area contributed by atoms with Gasteiger partial charge in [0.1, 0.15) is 0 Å². The highest BCUT2D eigenvalue weighted by molar-refractivity contribution is 4.79. The number of nitrogens with one attached hydrogen (secondary N) is 1. The Kier molecular flexibility index (Phi) is 4.45. The molecule has 1 saturated heterocycles. The SMILES string of the molecule is CCCN1CCC(NCCC2CC2)CC1. The maximum Gasteiger partial charge on any atom is 0.00914 e. The number of hydrogen-bond donors (Lipinski definition) is 1. The number of likely N-dealkylation sites (tertiary alicyclic amines) is 1. The first kappa shape index (κ1) is 11.4. The average molecular weight is 210 g/mol. The quantitative estimate of drug-likeness (QED) is 0.723. The van der Waals surface area contributed by atoms with Crippen LogP contribution >= 0.6 is 0 Å². The summed E-state index contributed by atoms with van der Waals surface area (Å²) in [6.07, 6.45) is 8.46. The van der Waals surface area contributed by atoms with E-state index in [9.17, 15) is 0 Å². The van der Waals surface area contributed by atoms with Gasteiger partial charge in [-0.05, 0) is 57.8 Å². The molecule has 1 N–H and O–H groups in total. The Morgan fingerprint density at radius 3 is 2.47 bits per heavy atom. The summed E-state index contributed by atoms with van der Waals surface area (Å²) in [4.78, 5) is 2.61. The fraction of sp³-hybridized carbons (Fsp3) is 1.00. The van der Waals surface area contributed by atoms with E-state index < -0.39 is 0 Å². The smallest absolute Gasteiger partial charge is 0.00914 e. The molecule has 2 aliphatic rings. The number of hydrogen-bond acceptors (Lipinski definition) is 2. The third-order valence-electron chi connectivity index (χ3n) is 3.81. The van der Waals surface area contributed by atoms with Crippen molar-refractivity contribution in [3.63, 3.8) is 0 Å². The second-order valence-corrected chi connectivity index (χ2v) is 5.30. The van der Waals surface area contributed by atoms with Crippen molar-refractivity contribution in [3.8, 4) is 0 Å². The van der Waals surface area contributed by atoms with Crippen molar-refractivity contribution in [3.05, 3.63) is 0 Å². The molecule has 2 heteroatoms. The Hall–Kier alpha value is -0.0800. The third kappa shape index (κ3) is 4.12. The van der Waals surface area contributed by atoms with Crippen LogP contribution in [-0.4, -0.2) is 37.1 Å². The van der Waals surface area contributed by atoms with Crippen molar-refractivity contribution in [2.45, 2.75) is 51.5 Å². The molecule has 0 amide bonds. The van der Waals surface area contributed by atoms with Crippen molar-refractivity contribution >= 4 is 0 Å². The fourth-order valence-electron chi connectivity index (χ4n) is 2.58. The van der Waals surface area contributed by atoms with Crippen molar-refractivity contribution < 1.29 is 0 Å². The zero-order valence-corrected chi connectivity index (χ0v) is 10.2. The molecule has 1 aliphatic heterocycles. The first-order valence-electron chi connectivity index (χ1n) is 6.84. The van der Waals surface area contributed by atoms with Gasteiger partial charge in [-0.1, -0.05) is 19.8 Å². The highest BCUT2D eigenvalue weighted by Crippen LogP contribution is 2.31. The van der Waals surface area contributed by atoms with E-state index in [1.807, 2.05) is 0 Å². The summed E-state index contributed by atoms with van der Waals surface area (Å²) < 4.78 is 0. The molecule has 0 unspecified atom stereocenters. The molecule has 88 valence electrons. The van der Waals surface area contributed by atoms with E-state index in [1.54, 1.807) is 0 Å². The minimum absolute atomic E-state index is 0.817. The molecule has 1 saturated carbocycles. The monoisotopic (exact) mass is 210 g/mol. The van der Waals surface area contributed by atoms with E-state index in [-0.39, 0.29) is 0 Å². The van der Waals surface area contributed by atoms with E-state index in [2.05, 4.69) is 17.1 Å². The molecule has 0 radical (unpaired) electrons. The lowest BCUT2D eigenvalue weighted by Gasteiger charge is -2.32. The van der Waals surface area contributed by atoms with Gasteiger partial charge >= 0.3 is 0 Å². The summed E-state index contributed by atoms with van der Waals surface area (Å²) in [7, 11) is 0. The molecule has 0 aromatic heterocycles. The maximum atomic E-state index is 3.73. The highest BCUT2D eigenvalue weighted by Gasteiger charge is 2.22. The van der Waals surface area contributed by atoms with Crippen LogP contribution in [0.4, 0.5) is 0 Å². The van der Waals surface area contributed by atoms with Crippen LogP contribution in [0.5, 0.6) is 0 Å². The first-order valence-corrected chi connectivity index (χ1v) is 6.84. The van der Waals surface area contributed by atoms with Gasteiger partial charge < -0.3 is 10.2 Å². The number of piperidine rings is 1. The van der Waals surface area contributed by atoms with Gasteiger partial charge in [-0.15, -0.1) is 0 Å². The molecule has 2 fully saturated rings. The Labute approximate surface area is 94.4 Å². The van der Waals surface area contributed by atoms with E-state index in [1.165, 1.54) is 64.7 Å². The molecule has 2 rings (SSSR count). The van der Waals surface area contributed by atoms with Crippen LogP contribution in [0, 0.1) is 5.92 Å². The maximum absolute atomic E-state index is 3.73. The van der Waals surface area contributed by atoms with Crippen LogP contribution in [0.1, 0.15) is 45.4 Å². The molecule has 15 heavy (non-hydrogen) atoms. The Balaban J connectivity index is 1.52. The molecule has 1 heterocycles. The van der Waals surface area contributed by atoms with Crippen LogP contribution in [-0.2, 0) is 0 Å². The molecule has 0 aromatic carbocycles. The molecule has 1 aliphatic carbocycles. The minimum Gasteiger partial charge on any atom is -0.314 e. The summed E-state index contributed by atoms with van der Waals surface area (Å²) in [5.74, 6) is 1.08. The van der Waals surface area contributed by atoms with Gasteiger partial charge in [0.05, 0.1) is 0 Å². The van der Waals surface area contributed by atoms with Crippen LogP contribution in [0.15, 0.2) is 0 Å². The van der Waals surface area contributed by atoms with Crippen molar-refractivity contribution in [2.75, 3.05) is 26.2 Å². The molecular weight excluding hydrogens is 184 g/mol. The summed E-state index contributed by atoms with van der Waals surface area (Å²) in [6.45, 7) is 7.47. The van der Waals surface area contributed by atoms with Gasteiger partial charge in [-0.25, -0.2) is 0 Å². The second kappa shape index (κ2) is 5.86. The van der Waals surface area contributed by atoms with Gasteiger partial charge in [-0.3, -0.25) is 0 Å². The van der Waals surface area contributed by atoms with Gasteiger partial charge in [0, 0.05) is 6.04 Å². The summed E-state index contributed by atoms with van der Waals surface area (Å²) in [6, 6.07) is 0.817. The van der Waals surface area contributed by atoms with Gasteiger partial charge in [-0.2, -0.15) is 0 Å². The predicted octanol–water partition coefficient (Wildman–Crippen LogP) is 2.25. The molecular formula is C13H26N2. The first-order chi connectivity index (χ1) is 7.38. The zero-order chi connectivity index (χ0) is 10.5. The Bertz CT molecular complexity index is 169. The molecule has 0 aromatic rings. The lowest BCUT2D eigenvalue weighted by Crippen LogP contribution is -2.43. The van der Waals surface area contributed by atoms with Gasteiger partial charge in [0.25, 0.3) is 0 Å².